The molecule has 2 heterocycles. The Kier molecular flexibility index (Phi) is 6.41. The number of hydrogen-bond acceptors (Lipinski definition) is 6. The Morgan fingerprint density at radius 1 is 1.16 bits per heavy atom. The highest BCUT2D eigenvalue weighted by Crippen LogP contribution is 2.54. The van der Waals surface area contributed by atoms with Crippen LogP contribution in [0, 0.1) is 17.8 Å². The van der Waals surface area contributed by atoms with E-state index in [0.29, 0.717) is 35.6 Å². The van der Waals surface area contributed by atoms with Crippen molar-refractivity contribution in [1.82, 2.24) is 14.9 Å². The van der Waals surface area contributed by atoms with Crippen molar-refractivity contribution in [2.45, 2.75) is 75.9 Å². The number of nitrogens with one attached hydrogen (secondary N) is 1. The van der Waals surface area contributed by atoms with Gasteiger partial charge in [0.1, 0.15) is 22.9 Å². The van der Waals surface area contributed by atoms with Gasteiger partial charge in [0.2, 0.25) is 0 Å². The molecule has 0 radical (unpaired) electrons. The van der Waals surface area contributed by atoms with E-state index in [1.807, 2.05) is 20.8 Å². The third-order valence-corrected chi connectivity index (χ3v) is 8.14. The lowest BCUT2D eigenvalue weighted by Gasteiger charge is -2.31. The summed E-state index contributed by atoms with van der Waals surface area (Å²) in [5.41, 5.74) is -3.74. The molecular formula is C26H28F3N3O5S. The number of nitrogens with zero attached hydrogens (tertiary/aromatic N) is 2. The topological polar surface area (TPSA) is 102 Å². The number of fused-ring (bicyclic) bond motifs is 3. The van der Waals surface area contributed by atoms with Crippen molar-refractivity contribution in [3.63, 3.8) is 0 Å². The molecule has 8 nitrogen and oxygen atoms in total. The van der Waals surface area contributed by atoms with E-state index in [0.717, 1.165) is 31.2 Å². The molecule has 1 saturated carbocycles. The number of imidazole rings is 1. The number of rotatable bonds is 3. The quantitative estimate of drug-likeness (QED) is 0.321. The molecule has 1 saturated heterocycles. The Hall–Kier alpha value is -3.20. The van der Waals surface area contributed by atoms with Crippen LogP contribution in [0.2, 0.25) is 0 Å². The third kappa shape index (κ3) is 4.96. The molecule has 3 atom stereocenters. The van der Waals surface area contributed by atoms with E-state index in [9.17, 15) is 26.4 Å². The Bertz CT molecular complexity index is 1430. The number of H-pyrrole nitrogens is 1. The fraction of sp³-hybridized carbons (Fsp3) is 0.538. The summed E-state index contributed by atoms with van der Waals surface area (Å²) in [4.78, 5) is 21.9. The standard InChI is InChI=1S/C26H28F3N3O5S/c1-25(2,3)36-24(33)32-12-4-5-20(32)23-30-14-17(31-23)9-6-15-8-11-21(37-38(34,35)26(27,28)29)19-13-16-7-10-18(16)22(15)19/h8,11,14,16,18,20H,4-5,7,10,12-13H2,1-3H3,(H,30,31)/t16?,18?,20-/m0/s1. The van der Waals surface area contributed by atoms with Crippen LogP contribution in [-0.4, -0.2) is 47.0 Å². The fourth-order valence-corrected chi connectivity index (χ4v) is 5.87. The normalized spacial score (nSPS) is 22.7. The maximum absolute atomic E-state index is 12.9. The summed E-state index contributed by atoms with van der Waals surface area (Å²) in [6.07, 6.45) is 4.96. The molecule has 204 valence electrons. The number of alkyl halides is 3. The molecule has 1 aliphatic heterocycles. The van der Waals surface area contributed by atoms with Crippen LogP contribution in [0.5, 0.6) is 5.75 Å². The summed E-state index contributed by atoms with van der Waals surface area (Å²) in [6, 6.07) is 2.49. The number of benzene rings is 1. The zero-order chi connectivity index (χ0) is 27.5. The molecule has 1 N–H and O–H groups in total. The van der Waals surface area contributed by atoms with Crippen LogP contribution in [0.3, 0.4) is 0 Å². The smallest absolute Gasteiger partial charge is 0.444 e. The second-order valence-electron chi connectivity index (χ2n) is 10.9. The van der Waals surface area contributed by atoms with E-state index in [1.54, 1.807) is 11.1 Å². The van der Waals surface area contributed by atoms with Crippen LogP contribution < -0.4 is 4.18 Å². The van der Waals surface area contributed by atoms with Crippen molar-refractivity contribution < 1.29 is 35.3 Å². The number of likely N-dealkylation sites (tertiary alicyclic amines) is 1. The molecule has 2 unspecified atom stereocenters. The van der Waals surface area contributed by atoms with Gasteiger partial charge in [-0.1, -0.05) is 5.92 Å². The van der Waals surface area contributed by atoms with Crippen LogP contribution in [0.25, 0.3) is 0 Å². The van der Waals surface area contributed by atoms with Gasteiger partial charge in [-0.2, -0.15) is 21.6 Å². The first-order chi connectivity index (χ1) is 17.7. The van der Waals surface area contributed by atoms with Gasteiger partial charge in [0.15, 0.2) is 0 Å². The number of amides is 1. The summed E-state index contributed by atoms with van der Waals surface area (Å²) < 4.78 is 72.0. The molecule has 3 aliphatic rings. The lowest BCUT2D eigenvalue weighted by atomic mass is 9.73. The van der Waals surface area contributed by atoms with Crippen molar-refractivity contribution in [1.29, 1.82) is 0 Å². The Morgan fingerprint density at radius 3 is 2.58 bits per heavy atom. The predicted octanol–water partition coefficient (Wildman–Crippen LogP) is 5.16. The number of halogens is 3. The predicted molar refractivity (Wildman–Crippen MR) is 131 cm³/mol. The third-order valence-electron chi connectivity index (χ3n) is 7.18. The summed E-state index contributed by atoms with van der Waals surface area (Å²) in [6.45, 7) is 6.00. The van der Waals surface area contributed by atoms with Crippen LogP contribution in [-0.2, 0) is 21.3 Å². The second-order valence-corrected chi connectivity index (χ2v) is 12.4. The molecule has 2 fully saturated rings. The number of carbonyl (C=O) groups is 1. The first-order valence-corrected chi connectivity index (χ1v) is 13.9. The Balaban J connectivity index is 1.39. The number of aromatic amines is 1. The minimum absolute atomic E-state index is 0.115. The largest absolute Gasteiger partial charge is 0.534 e. The van der Waals surface area contributed by atoms with Gasteiger partial charge in [0.05, 0.1) is 12.2 Å². The van der Waals surface area contributed by atoms with Crippen LogP contribution in [0.1, 0.15) is 86.6 Å². The van der Waals surface area contributed by atoms with Crippen LogP contribution >= 0.6 is 0 Å². The number of aromatic nitrogens is 2. The van der Waals surface area contributed by atoms with E-state index in [1.165, 1.54) is 12.1 Å². The van der Waals surface area contributed by atoms with Gasteiger partial charge in [0.25, 0.3) is 0 Å². The molecule has 38 heavy (non-hydrogen) atoms. The van der Waals surface area contributed by atoms with E-state index >= 15 is 0 Å². The van der Waals surface area contributed by atoms with E-state index < -0.39 is 27.3 Å². The lowest BCUT2D eigenvalue weighted by molar-refractivity contribution is -0.0500. The van der Waals surface area contributed by atoms with Crippen molar-refractivity contribution >= 4 is 16.2 Å². The van der Waals surface area contributed by atoms with Crippen LogP contribution in [0.4, 0.5) is 18.0 Å². The molecule has 1 aromatic heterocycles. The van der Waals surface area contributed by atoms with Gasteiger partial charge in [0, 0.05) is 17.7 Å². The zero-order valence-corrected chi connectivity index (χ0v) is 22.0. The average Bonchev–Trinajstić information content (AvgIpc) is 3.49. The van der Waals surface area contributed by atoms with Crippen LogP contribution in [0.15, 0.2) is 18.3 Å². The Labute approximate surface area is 219 Å². The van der Waals surface area contributed by atoms with Gasteiger partial charge >= 0.3 is 21.7 Å². The molecule has 0 spiro atoms. The highest BCUT2D eigenvalue weighted by Gasteiger charge is 2.50. The second kappa shape index (κ2) is 9.22. The zero-order valence-electron chi connectivity index (χ0n) is 21.2. The van der Waals surface area contributed by atoms with Gasteiger partial charge in [-0.25, -0.2) is 9.78 Å². The highest BCUT2D eigenvalue weighted by molar-refractivity contribution is 7.88. The molecule has 1 amide bonds. The molecule has 12 heteroatoms. The SMILES string of the molecule is CC(C)(C)OC(=O)N1CCC[C@H]1c1ncc(C#Cc2ccc(OS(=O)(=O)C(F)(F)F)c3c2C2CCC2C3)[nH]1. The summed E-state index contributed by atoms with van der Waals surface area (Å²) in [5.74, 6) is 6.78. The van der Waals surface area contributed by atoms with Gasteiger partial charge in [-0.15, -0.1) is 0 Å². The van der Waals surface area contributed by atoms with Crippen molar-refractivity contribution in [2.75, 3.05) is 6.54 Å². The molecule has 5 rings (SSSR count). The van der Waals surface area contributed by atoms with Gasteiger partial charge in [-0.05, 0) is 88.3 Å². The number of carbonyl (C=O) groups excluding carboxylic acids is 1. The first-order valence-electron chi connectivity index (χ1n) is 12.5. The minimum Gasteiger partial charge on any atom is -0.444 e. The van der Waals surface area contributed by atoms with Crippen molar-refractivity contribution in [2.24, 2.45) is 5.92 Å². The summed E-state index contributed by atoms with van der Waals surface area (Å²) in [5, 5.41) is 0. The highest BCUT2D eigenvalue weighted by atomic mass is 32.2. The van der Waals surface area contributed by atoms with Crippen molar-refractivity contribution in [3.8, 4) is 17.6 Å². The van der Waals surface area contributed by atoms with E-state index in [2.05, 4.69) is 26.0 Å². The number of ether oxygens (including phenoxy) is 1. The van der Waals surface area contributed by atoms with E-state index in [4.69, 9.17) is 4.74 Å². The molecule has 2 aliphatic carbocycles. The maximum atomic E-state index is 12.9. The van der Waals surface area contributed by atoms with Crippen molar-refractivity contribution in [3.05, 3.63) is 46.5 Å². The summed E-state index contributed by atoms with van der Waals surface area (Å²) in [7, 11) is -5.77. The monoisotopic (exact) mass is 551 g/mol. The molecular weight excluding hydrogens is 523 g/mol. The summed E-state index contributed by atoms with van der Waals surface area (Å²) >= 11 is 0. The minimum atomic E-state index is -5.77. The van der Waals surface area contributed by atoms with Gasteiger partial charge < -0.3 is 13.9 Å². The van der Waals surface area contributed by atoms with Gasteiger partial charge in [-0.3, -0.25) is 4.90 Å². The average molecular weight is 552 g/mol. The fourth-order valence-electron chi connectivity index (χ4n) is 5.38. The molecule has 0 bridgehead atoms. The lowest BCUT2D eigenvalue weighted by Crippen LogP contribution is -2.36. The van der Waals surface area contributed by atoms with E-state index in [-0.39, 0.29) is 23.6 Å². The number of hydrogen-bond donors (Lipinski definition) is 1. The Morgan fingerprint density at radius 2 is 1.92 bits per heavy atom. The molecule has 1 aromatic carbocycles. The molecule has 2 aromatic rings. The first kappa shape index (κ1) is 26.4. The maximum Gasteiger partial charge on any atom is 0.534 e.